The van der Waals surface area contributed by atoms with E-state index in [-0.39, 0.29) is 17.6 Å². The van der Waals surface area contributed by atoms with Gasteiger partial charge in [0, 0.05) is 12.1 Å². The highest BCUT2D eigenvalue weighted by Gasteiger charge is 2.13. The van der Waals surface area contributed by atoms with E-state index < -0.39 is 5.97 Å². The first-order valence-corrected chi connectivity index (χ1v) is 8.31. The SMILES string of the molecule is CCCCSC(C)C(=O)Nc1ccc(CCC(=O)O)cc1. The molecular formula is C16H23NO3S. The van der Waals surface area contributed by atoms with Crippen LogP contribution < -0.4 is 5.32 Å². The van der Waals surface area contributed by atoms with E-state index in [2.05, 4.69) is 12.2 Å². The molecule has 21 heavy (non-hydrogen) atoms. The largest absolute Gasteiger partial charge is 0.481 e. The topological polar surface area (TPSA) is 66.4 Å². The minimum Gasteiger partial charge on any atom is -0.481 e. The zero-order valence-corrected chi connectivity index (χ0v) is 13.4. The highest BCUT2D eigenvalue weighted by Crippen LogP contribution is 2.16. The molecule has 0 fully saturated rings. The van der Waals surface area contributed by atoms with Crippen LogP contribution in [0.1, 0.15) is 38.7 Å². The van der Waals surface area contributed by atoms with Crippen LogP contribution in [0.15, 0.2) is 24.3 Å². The van der Waals surface area contributed by atoms with Gasteiger partial charge in [0.05, 0.1) is 5.25 Å². The third kappa shape index (κ3) is 7.18. The Balaban J connectivity index is 2.43. The van der Waals surface area contributed by atoms with Crippen molar-refractivity contribution in [2.75, 3.05) is 11.1 Å². The van der Waals surface area contributed by atoms with Crippen molar-refractivity contribution in [2.24, 2.45) is 0 Å². The lowest BCUT2D eigenvalue weighted by molar-refractivity contribution is -0.137. The van der Waals surface area contributed by atoms with Gasteiger partial charge in [0.25, 0.3) is 0 Å². The van der Waals surface area contributed by atoms with E-state index in [0.29, 0.717) is 6.42 Å². The van der Waals surface area contributed by atoms with E-state index >= 15 is 0 Å². The Morgan fingerprint density at radius 3 is 2.52 bits per heavy atom. The quantitative estimate of drug-likeness (QED) is 0.684. The van der Waals surface area contributed by atoms with Crippen molar-refractivity contribution in [1.29, 1.82) is 0 Å². The summed E-state index contributed by atoms with van der Waals surface area (Å²) in [5, 5.41) is 11.5. The summed E-state index contributed by atoms with van der Waals surface area (Å²) in [4.78, 5) is 22.5. The summed E-state index contributed by atoms with van der Waals surface area (Å²) < 4.78 is 0. The van der Waals surface area contributed by atoms with Gasteiger partial charge in [-0.1, -0.05) is 25.5 Å². The fraction of sp³-hybridized carbons (Fsp3) is 0.500. The van der Waals surface area contributed by atoms with E-state index in [0.717, 1.165) is 29.8 Å². The number of carbonyl (C=O) groups is 2. The molecule has 0 radical (unpaired) electrons. The summed E-state index contributed by atoms with van der Waals surface area (Å²) in [7, 11) is 0. The predicted octanol–water partition coefficient (Wildman–Crippen LogP) is 3.56. The number of rotatable bonds is 9. The molecule has 0 aliphatic heterocycles. The molecule has 0 heterocycles. The van der Waals surface area contributed by atoms with Gasteiger partial charge < -0.3 is 10.4 Å². The average Bonchev–Trinajstić information content (AvgIpc) is 2.46. The summed E-state index contributed by atoms with van der Waals surface area (Å²) in [6, 6.07) is 7.35. The molecule has 1 atom stereocenters. The van der Waals surface area contributed by atoms with Crippen LogP contribution in [0, 0.1) is 0 Å². The Hall–Kier alpha value is -1.49. The van der Waals surface area contributed by atoms with Crippen molar-refractivity contribution >= 4 is 29.3 Å². The van der Waals surface area contributed by atoms with Gasteiger partial charge in [-0.2, -0.15) is 0 Å². The number of carboxylic acids is 1. The molecule has 1 aromatic rings. The molecule has 0 spiro atoms. The zero-order valence-electron chi connectivity index (χ0n) is 12.6. The van der Waals surface area contributed by atoms with Crippen LogP contribution in [-0.4, -0.2) is 28.0 Å². The molecule has 1 unspecified atom stereocenters. The number of hydrogen-bond acceptors (Lipinski definition) is 3. The lowest BCUT2D eigenvalue weighted by atomic mass is 10.1. The maximum absolute atomic E-state index is 12.0. The normalized spacial score (nSPS) is 11.9. The van der Waals surface area contributed by atoms with Crippen LogP contribution in [0.4, 0.5) is 5.69 Å². The van der Waals surface area contributed by atoms with Gasteiger partial charge in [0.2, 0.25) is 5.91 Å². The van der Waals surface area contributed by atoms with Crippen LogP contribution in [-0.2, 0) is 16.0 Å². The van der Waals surface area contributed by atoms with Crippen LogP contribution in [0.5, 0.6) is 0 Å². The molecule has 0 bridgehead atoms. The molecule has 0 aromatic heterocycles. The first kappa shape index (κ1) is 17.6. The Labute approximate surface area is 130 Å². The molecular weight excluding hydrogens is 286 g/mol. The highest BCUT2D eigenvalue weighted by atomic mass is 32.2. The van der Waals surface area contributed by atoms with E-state index in [4.69, 9.17) is 5.11 Å². The summed E-state index contributed by atoms with van der Waals surface area (Å²) in [5.41, 5.74) is 1.71. The van der Waals surface area contributed by atoms with E-state index in [9.17, 15) is 9.59 Å². The molecule has 116 valence electrons. The number of nitrogens with one attached hydrogen (secondary N) is 1. The molecule has 1 rings (SSSR count). The minimum atomic E-state index is -0.801. The second kappa shape index (κ2) is 9.45. The summed E-state index contributed by atoms with van der Waals surface area (Å²) >= 11 is 1.67. The zero-order chi connectivity index (χ0) is 15.7. The number of carbonyl (C=O) groups excluding carboxylic acids is 1. The molecule has 0 aliphatic rings. The van der Waals surface area contributed by atoms with Crippen molar-refractivity contribution in [2.45, 2.75) is 44.8 Å². The van der Waals surface area contributed by atoms with E-state index in [1.807, 2.05) is 31.2 Å². The van der Waals surface area contributed by atoms with E-state index in [1.165, 1.54) is 0 Å². The smallest absolute Gasteiger partial charge is 0.303 e. The Kier molecular flexibility index (Phi) is 7.90. The monoisotopic (exact) mass is 309 g/mol. The minimum absolute atomic E-state index is 0.00869. The second-order valence-corrected chi connectivity index (χ2v) is 6.40. The molecule has 1 amide bonds. The number of thioether (sulfide) groups is 1. The van der Waals surface area contributed by atoms with Gasteiger partial charge in [-0.3, -0.25) is 9.59 Å². The maximum atomic E-state index is 12.0. The standard InChI is InChI=1S/C16H23NO3S/c1-3-4-11-21-12(2)16(20)17-14-8-5-13(6-9-14)7-10-15(18)19/h5-6,8-9,12H,3-4,7,10-11H2,1-2H3,(H,17,20)(H,18,19). The van der Waals surface area contributed by atoms with Crippen molar-refractivity contribution in [3.8, 4) is 0 Å². The first-order chi connectivity index (χ1) is 10.0. The van der Waals surface area contributed by atoms with Crippen LogP contribution in [0.2, 0.25) is 0 Å². The molecule has 0 aliphatic carbocycles. The first-order valence-electron chi connectivity index (χ1n) is 7.26. The lowest BCUT2D eigenvalue weighted by Crippen LogP contribution is -2.22. The summed E-state index contributed by atoms with van der Waals surface area (Å²) in [5.74, 6) is 0.207. The average molecular weight is 309 g/mol. The van der Waals surface area contributed by atoms with Gasteiger partial charge in [-0.05, 0) is 43.2 Å². The Morgan fingerprint density at radius 1 is 1.29 bits per heavy atom. The maximum Gasteiger partial charge on any atom is 0.303 e. The van der Waals surface area contributed by atoms with Crippen molar-refractivity contribution in [3.05, 3.63) is 29.8 Å². The molecule has 0 saturated heterocycles. The number of benzene rings is 1. The highest BCUT2D eigenvalue weighted by molar-refractivity contribution is 8.00. The third-order valence-corrected chi connectivity index (χ3v) is 4.32. The number of aryl methyl sites for hydroxylation is 1. The fourth-order valence-electron chi connectivity index (χ4n) is 1.73. The van der Waals surface area contributed by atoms with Crippen LogP contribution >= 0.6 is 11.8 Å². The Bertz CT molecular complexity index is 459. The number of amides is 1. The number of anilines is 1. The predicted molar refractivity (Wildman–Crippen MR) is 87.9 cm³/mol. The fourth-order valence-corrected chi connectivity index (χ4v) is 2.75. The second-order valence-electron chi connectivity index (χ2n) is 4.95. The number of unbranched alkanes of at least 4 members (excludes halogenated alkanes) is 1. The van der Waals surface area contributed by atoms with Crippen LogP contribution in [0.3, 0.4) is 0 Å². The number of carboxylic acid groups (broad SMARTS) is 1. The van der Waals surface area contributed by atoms with Crippen LogP contribution in [0.25, 0.3) is 0 Å². The molecule has 2 N–H and O–H groups in total. The molecule has 4 nitrogen and oxygen atoms in total. The number of hydrogen-bond donors (Lipinski definition) is 2. The van der Waals surface area contributed by atoms with E-state index in [1.54, 1.807) is 11.8 Å². The molecule has 0 saturated carbocycles. The summed E-state index contributed by atoms with van der Waals surface area (Å²) in [6.45, 7) is 4.05. The molecule has 1 aromatic carbocycles. The van der Waals surface area contributed by atoms with Crippen molar-refractivity contribution < 1.29 is 14.7 Å². The van der Waals surface area contributed by atoms with Crippen molar-refractivity contribution in [1.82, 2.24) is 0 Å². The lowest BCUT2D eigenvalue weighted by Gasteiger charge is -2.12. The van der Waals surface area contributed by atoms with Gasteiger partial charge in [-0.15, -0.1) is 11.8 Å². The Morgan fingerprint density at radius 2 is 1.95 bits per heavy atom. The summed E-state index contributed by atoms with van der Waals surface area (Å²) in [6.07, 6.45) is 2.89. The van der Waals surface area contributed by atoms with Gasteiger partial charge >= 0.3 is 5.97 Å². The molecule has 5 heteroatoms. The third-order valence-electron chi connectivity index (χ3n) is 3.08. The van der Waals surface area contributed by atoms with Gasteiger partial charge in [-0.25, -0.2) is 0 Å². The van der Waals surface area contributed by atoms with Gasteiger partial charge in [0.15, 0.2) is 0 Å². The van der Waals surface area contributed by atoms with Crippen molar-refractivity contribution in [3.63, 3.8) is 0 Å². The number of aliphatic carboxylic acids is 1. The van der Waals surface area contributed by atoms with Gasteiger partial charge in [0.1, 0.15) is 0 Å².